The summed E-state index contributed by atoms with van der Waals surface area (Å²) in [6.07, 6.45) is -3.04. The molecule has 202 valence electrons. The lowest BCUT2D eigenvalue weighted by Gasteiger charge is -2.11. The number of hydrogen-bond donors (Lipinski definition) is 3. The number of benzene rings is 3. The maximum absolute atomic E-state index is 12.9. The molecule has 3 aromatic carbocycles. The highest BCUT2D eigenvalue weighted by Gasteiger charge is 2.31. The minimum atomic E-state index is -4.57. The number of nitrogens with one attached hydrogen (secondary N) is 2. The largest absolute Gasteiger partial charge is 0.488 e. The summed E-state index contributed by atoms with van der Waals surface area (Å²) in [6, 6.07) is 19.7. The van der Waals surface area contributed by atoms with Crippen LogP contribution >= 0.6 is 23.4 Å². The summed E-state index contributed by atoms with van der Waals surface area (Å²) in [6.45, 7) is 0.393. The lowest BCUT2D eigenvalue weighted by Crippen LogP contribution is -2.17. The molecule has 9 nitrogen and oxygen atoms in total. The van der Waals surface area contributed by atoms with Crippen LogP contribution in [0.4, 0.5) is 24.8 Å². The number of rotatable bonds is 10. The van der Waals surface area contributed by atoms with Crippen LogP contribution in [0.15, 0.2) is 83.1 Å². The number of nitrogens with zero attached hydrogens (tertiary/aromatic N) is 4. The number of alkyl halides is 3. The van der Waals surface area contributed by atoms with E-state index in [1.54, 1.807) is 0 Å². The second kappa shape index (κ2) is 12.5. The molecule has 0 unspecified atom stereocenters. The molecular weight excluding hydrogens is 555 g/mol. The number of nitrogen functional groups attached to an aromatic ring is 1. The number of hydrogen-bond acceptors (Lipinski definition) is 8. The number of nitrogens with two attached hydrogens (primary N) is 1. The predicted octanol–water partition coefficient (Wildman–Crippen LogP) is 5.42. The molecule has 0 aliphatic carbocycles. The van der Waals surface area contributed by atoms with Gasteiger partial charge in [0.15, 0.2) is 0 Å². The molecule has 0 aliphatic rings. The topological polar surface area (TPSA) is 119 Å². The fraction of sp³-hybridized carbons (Fsp3) is 0.120. The molecule has 39 heavy (non-hydrogen) atoms. The van der Waals surface area contributed by atoms with Gasteiger partial charge in [-0.05, 0) is 35.9 Å². The van der Waals surface area contributed by atoms with Gasteiger partial charge < -0.3 is 15.9 Å². The highest BCUT2D eigenvalue weighted by Crippen LogP contribution is 2.34. The summed E-state index contributed by atoms with van der Waals surface area (Å²) in [7, 11) is 0. The summed E-state index contributed by atoms with van der Waals surface area (Å²) in [5, 5.41) is 14.4. The molecule has 4 N–H and O–H groups in total. The number of amides is 1. The number of carbonyl (C=O) groups excluding carboxylic acids is 1. The number of para-hydroxylation sites is 1. The van der Waals surface area contributed by atoms with Gasteiger partial charge in [0, 0.05) is 5.56 Å². The third-order valence-corrected chi connectivity index (χ3v) is 6.36. The third kappa shape index (κ3) is 7.65. The zero-order chi connectivity index (χ0) is 27.8. The number of thioether (sulfide) groups is 1. The van der Waals surface area contributed by atoms with Crippen molar-refractivity contribution in [2.45, 2.75) is 17.9 Å². The Balaban J connectivity index is 1.32. The molecular formula is C25H21ClF3N7O2S. The van der Waals surface area contributed by atoms with Gasteiger partial charge in [0.1, 0.15) is 12.4 Å². The smallest absolute Gasteiger partial charge is 0.416 e. The normalized spacial score (nSPS) is 11.5. The van der Waals surface area contributed by atoms with E-state index in [0.29, 0.717) is 17.9 Å². The van der Waals surface area contributed by atoms with Gasteiger partial charge in [-0.25, -0.2) is 10.1 Å². The van der Waals surface area contributed by atoms with Crippen molar-refractivity contribution < 1.29 is 22.7 Å². The second-order valence-electron chi connectivity index (χ2n) is 7.89. The second-order valence-corrected chi connectivity index (χ2v) is 9.24. The van der Waals surface area contributed by atoms with Gasteiger partial charge in [0.05, 0.1) is 28.2 Å². The van der Waals surface area contributed by atoms with Crippen molar-refractivity contribution in [3.8, 4) is 5.75 Å². The van der Waals surface area contributed by atoms with Gasteiger partial charge in [0.2, 0.25) is 11.1 Å². The van der Waals surface area contributed by atoms with Gasteiger partial charge in [-0.3, -0.25) is 4.79 Å². The van der Waals surface area contributed by atoms with Crippen LogP contribution in [0, 0.1) is 0 Å². The number of carbonyl (C=O) groups is 1. The van der Waals surface area contributed by atoms with Crippen molar-refractivity contribution in [2.75, 3.05) is 22.3 Å². The fourth-order valence-electron chi connectivity index (χ4n) is 3.18. The SMILES string of the molecule is Nn1c(N/N=C/c2ccccc2OCc2ccccc2)nnc1SCC(=O)Nc1cc(C(F)(F)F)ccc1Cl. The van der Waals surface area contributed by atoms with Crippen LogP contribution in [0.3, 0.4) is 0 Å². The molecule has 4 aromatic rings. The van der Waals surface area contributed by atoms with Crippen LogP contribution in [-0.2, 0) is 17.6 Å². The molecule has 4 rings (SSSR count). The number of hydrazone groups is 1. The molecule has 1 heterocycles. The van der Waals surface area contributed by atoms with E-state index in [9.17, 15) is 18.0 Å². The van der Waals surface area contributed by atoms with Crippen molar-refractivity contribution in [1.29, 1.82) is 0 Å². The maximum Gasteiger partial charge on any atom is 0.416 e. The molecule has 0 atom stereocenters. The Morgan fingerprint density at radius 1 is 1.10 bits per heavy atom. The molecule has 0 fully saturated rings. The molecule has 1 amide bonds. The standard InChI is InChI=1S/C25H21ClF3N7O2S/c26-19-11-10-18(25(27,28)29)12-20(19)32-22(37)15-39-24-35-34-23(36(24)30)33-31-13-17-8-4-5-9-21(17)38-14-16-6-2-1-3-7-16/h1-13H,14-15,30H2,(H,32,37)(H,33,34)/b31-13+. The average Bonchev–Trinajstić information content (AvgIpc) is 3.27. The Bertz CT molecular complexity index is 1470. The first-order chi connectivity index (χ1) is 18.7. The molecule has 0 spiro atoms. The molecule has 1 aromatic heterocycles. The zero-order valence-corrected chi connectivity index (χ0v) is 21.6. The van der Waals surface area contributed by atoms with Crippen LogP contribution in [-0.4, -0.2) is 32.7 Å². The van der Waals surface area contributed by atoms with Crippen LogP contribution in [0.5, 0.6) is 5.75 Å². The average molecular weight is 576 g/mol. The Hall–Kier alpha value is -4.23. The van der Waals surface area contributed by atoms with Crippen LogP contribution in [0.25, 0.3) is 0 Å². The minimum absolute atomic E-state index is 0.0280. The van der Waals surface area contributed by atoms with Gasteiger partial charge in [-0.1, -0.05) is 65.8 Å². The lowest BCUT2D eigenvalue weighted by atomic mass is 10.2. The van der Waals surface area contributed by atoms with E-state index in [0.717, 1.165) is 40.2 Å². The summed E-state index contributed by atoms with van der Waals surface area (Å²) >= 11 is 6.84. The first-order valence-corrected chi connectivity index (χ1v) is 12.6. The summed E-state index contributed by atoms with van der Waals surface area (Å²) in [5.74, 6) is 5.89. The van der Waals surface area contributed by atoms with Gasteiger partial charge in [-0.2, -0.15) is 18.3 Å². The van der Waals surface area contributed by atoms with Crippen LogP contribution in [0.1, 0.15) is 16.7 Å². The first kappa shape index (κ1) is 27.8. The van der Waals surface area contributed by atoms with Crippen molar-refractivity contribution >= 4 is 47.1 Å². The van der Waals surface area contributed by atoms with Crippen molar-refractivity contribution in [2.24, 2.45) is 5.10 Å². The maximum atomic E-state index is 12.9. The van der Waals surface area contributed by atoms with Crippen molar-refractivity contribution in [1.82, 2.24) is 14.9 Å². The van der Waals surface area contributed by atoms with Crippen molar-refractivity contribution in [3.63, 3.8) is 0 Å². The van der Waals surface area contributed by atoms with E-state index in [2.05, 4.69) is 26.0 Å². The summed E-state index contributed by atoms with van der Waals surface area (Å²) in [4.78, 5) is 12.3. The fourth-order valence-corrected chi connectivity index (χ4v) is 4.00. The van der Waals surface area contributed by atoms with E-state index in [4.69, 9.17) is 22.2 Å². The Morgan fingerprint density at radius 3 is 2.62 bits per heavy atom. The summed E-state index contributed by atoms with van der Waals surface area (Å²) < 4.78 is 45.8. The lowest BCUT2D eigenvalue weighted by molar-refractivity contribution is -0.137. The highest BCUT2D eigenvalue weighted by atomic mass is 35.5. The van der Waals surface area contributed by atoms with Crippen LogP contribution in [0.2, 0.25) is 5.02 Å². The van der Waals surface area contributed by atoms with Crippen molar-refractivity contribution in [3.05, 3.63) is 94.5 Å². The van der Waals surface area contributed by atoms with Gasteiger partial charge >= 0.3 is 6.18 Å². The van der Waals surface area contributed by atoms with E-state index < -0.39 is 17.6 Å². The third-order valence-electron chi connectivity index (χ3n) is 5.09. The molecule has 0 radical (unpaired) electrons. The molecule has 0 aliphatic heterocycles. The predicted molar refractivity (Wildman–Crippen MR) is 144 cm³/mol. The number of ether oxygens (including phenoxy) is 1. The number of halogens is 4. The van der Waals surface area contributed by atoms with E-state index in [1.807, 2.05) is 54.6 Å². The van der Waals surface area contributed by atoms with Crippen LogP contribution < -0.4 is 21.3 Å². The Labute approximate surface area is 230 Å². The molecule has 0 bridgehead atoms. The molecule has 0 saturated carbocycles. The van der Waals surface area contributed by atoms with E-state index in [1.165, 1.54) is 6.21 Å². The molecule has 0 saturated heterocycles. The van der Waals surface area contributed by atoms with E-state index in [-0.39, 0.29) is 27.6 Å². The number of anilines is 2. The molecule has 14 heteroatoms. The Kier molecular flexibility index (Phi) is 8.94. The Morgan fingerprint density at radius 2 is 1.85 bits per heavy atom. The first-order valence-electron chi connectivity index (χ1n) is 11.3. The monoisotopic (exact) mass is 575 g/mol. The highest BCUT2D eigenvalue weighted by molar-refractivity contribution is 7.99. The van der Waals surface area contributed by atoms with Gasteiger partial charge in [0.25, 0.3) is 5.95 Å². The number of aromatic nitrogens is 3. The quantitative estimate of drug-likeness (QED) is 0.0999. The minimum Gasteiger partial charge on any atom is -0.488 e. The summed E-state index contributed by atoms with van der Waals surface area (Å²) in [5.41, 5.74) is 3.32. The zero-order valence-electron chi connectivity index (χ0n) is 20.0. The van der Waals surface area contributed by atoms with E-state index >= 15 is 0 Å². The van der Waals surface area contributed by atoms with Gasteiger partial charge in [-0.15, -0.1) is 10.2 Å².